The monoisotopic (exact) mass is 347 g/mol. The number of aliphatic carboxylic acids is 1. The van der Waals surface area contributed by atoms with Gasteiger partial charge in [0, 0.05) is 6.54 Å². The van der Waals surface area contributed by atoms with Gasteiger partial charge in [-0.2, -0.15) is 0 Å². The summed E-state index contributed by atoms with van der Waals surface area (Å²) in [6, 6.07) is 8.43. The lowest BCUT2D eigenvalue weighted by molar-refractivity contribution is -0.147. The second kappa shape index (κ2) is 6.98. The molecule has 1 aliphatic rings. The van der Waals surface area contributed by atoms with E-state index >= 15 is 0 Å². The van der Waals surface area contributed by atoms with Crippen molar-refractivity contribution in [1.82, 2.24) is 4.90 Å². The number of carboxylic acid groups (broad SMARTS) is 1. The molecule has 1 aliphatic heterocycles. The predicted octanol–water partition coefficient (Wildman–Crippen LogP) is 2.56. The topological polar surface area (TPSA) is 66.8 Å². The highest BCUT2D eigenvalue weighted by molar-refractivity contribution is 5.97. The van der Waals surface area contributed by atoms with Gasteiger partial charge in [0.2, 0.25) is 0 Å². The molecule has 0 unspecified atom stereocenters. The van der Waals surface area contributed by atoms with Crippen molar-refractivity contribution in [2.24, 2.45) is 0 Å². The fourth-order valence-electron chi connectivity index (χ4n) is 2.72. The van der Waals surface area contributed by atoms with Crippen molar-refractivity contribution in [3.8, 4) is 11.1 Å². The van der Waals surface area contributed by atoms with Crippen molar-refractivity contribution in [1.29, 1.82) is 0 Å². The lowest BCUT2D eigenvalue weighted by Crippen LogP contribution is -2.52. The van der Waals surface area contributed by atoms with E-state index < -0.39 is 29.6 Å². The summed E-state index contributed by atoms with van der Waals surface area (Å²) in [7, 11) is 0. The minimum absolute atomic E-state index is 0.0783. The second-order valence-electron chi connectivity index (χ2n) is 5.63. The van der Waals surface area contributed by atoms with Crippen LogP contribution in [0.1, 0.15) is 10.4 Å². The van der Waals surface area contributed by atoms with Crippen LogP contribution >= 0.6 is 0 Å². The molecular formula is C18H15F2NO4. The molecule has 0 bridgehead atoms. The number of amides is 1. The molecule has 2 aromatic carbocycles. The molecule has 0 aromatic heterocycles. The Morgan fingerprint density at radius 1 is 1.08 bits per heavy atom. The smallest absolute Gasteiger partial charge is 0.328 e. The van der Waals surface area contributed by atoms with Gasteiger partial charge in [0.25, 0.3) is 5.91 Å². The normalized spacial score (nSPS) is 17.4. The first-order valence-electron chi connectivity index (χ1n) is 7.64. The summed E-state index contributed by atoms with van der Waals surface area (Å²) < 4.78 is 32.5. The van der Waals surface area contributed by atoms with Crippen LogP contribution in [-0.4, -0.2) is 47.7 Å². The lowest BCUT2D eigenvalue weighted by Gasteiger charge is -2.33. The van der Waals surface area contributed by atoms with Gasteiger partial charge in [-0.25, -0.2) is 13.6 Å². The van der Waals surface area contributed by atoms with Crippen LogP contribution in [0, 0.1) is 11.6 Å². The van der Waals surface area contributed by atoms with Gasteiger partial charge in [0.05, 0.1) is 18.8 Å². The molecule has 25 heavy (non-hydrogen) atoms. The van der Waals surface area contributed by atoms with E-state index in [4.69, 9.17) is 4.74 Å². The minimum atomic E-state index is -1.20. The molecular weight excluding hydrogens is 332 g/mol. The third kappa shape index (κ3) is 3.51. The Morgan fingerprint density at radius 3 is 2.40 bits per heavy atom. The summed E-state index contributed by atoms with van der Waals surface area (Å²) >= 11 is 0. The van der Waals surface area contributed by atoms with Gasteiger partial charge < -0.3 is 14.7 Å². The Kier molecular flexibility index (Phi) is 4.76. The summed E-state index contributed by atoms with van der Waals surface area (Å²) in [6.07, 6.45) is 0. The Morgan fingerprint density at radius 2 is 1.76 bits per heavy atom. The molecule has 130 valence electrons. The van der Waals surface area contributed by atoms with Crippen LogP contribution in [0.2, 0.25) is 0 Å². The summed E-state index contributed by atoms with van der Waals surface area (Å²) in [5.41, 5.74) is 0.888. The molecule has 1 atom stereocenters. The van der Waals surface area contributed by atoms with Crippen molar-refractivity contribution < 1.29 is 28.2 Å². The van der Waals surface area contributed by atoms with Crippen LogP contribution in [0.25, 0.3) is 11.1 Å². The number of ether oxygens (including phenoxy) is 1. The lowest BCUT2D eigenvalue weighted by atomic mass is 10.0. The van der Waals surface area contributed by atoms with Crippen LogP contribution < -0.4 is 0 Å². The number of halogens is 2. The van der Waals surface area contributed by atoms with Crippen molar-refractivity contribution in [3.05, 3.63) is 59.7 Å². The zero-order valence-corrected chi connectivity index (χ0v) is 13.1. The number of hydrogen-bond acceptors (Lipinski definition) is 3. The van der Waals surface area contributed by atoms with E-state index in [1.807, 2.05) is 0 Å². The number of hydrogen-bond donors (Lipinski definition) is 1. The SMILES string of the molecule is O=C(O)[C@@H]1COCCN1C(=O)c1ccc(-c2ccc(F)cc2)cc1F. The first-order chi connectivity index (χ1) is 12.0. The maximum absolute atomic E-state index is 14.4. The number of carbonyl (C=O) groups excluding carboxylic acids is 1. The quantitative estimate of drug-likeness (QED) is 0.927. The summed E-state index contributed by atoms with van der Waals surface area (Å²) in [6.45, 7) is 0.149. The Hall–Kier alpha value is -2.80. The third-order valence-electron chi connectivity index (χ3n) is 4.05. The molecule has 5 nitrogen and oxygen atoms in total. The van der Waals surface area contributed by atoms with E-state index in [-0.39, 0.29) is 25.3 Å². The molecule has 1 N–H and O–H groups in total. The number of nitrogens with zero attached hydrogens (tertiary/aromatic N) is 1. The number of carbonyl (C=O) groups is 2. The van der Waals surface area contributed by atoms with Crippen LogP contribution in [0.4, 0.5) is 8.78 Å². The zero-order valence-electron chi connectivity index (χ0n) is 13.1. The number of carboxylic acids is 1. The maximum atomic E-state index is 14.4. The van der Waals surface area contributed by atoms with Gasteiger partial charge >= 0.3 is 5.97 Å². The van der Waals surface area contributed by atoms with Gasteiger partial charge in [-0.1, -0.05) is 18.2 Å². The van der Waals surface area contributed by atoms with Crippen molar-refractivity contribution in [2.75, 3.05) is 19.8 Å². The Labute approximate surface area is 142 Å². The number of rotatable bonds is 3. The highest BCUT2D eigenvalue weighted by atomic mass is 19.1. The Balaban J connectivity index is 1.88. The molecule has 0 aliphatic carbocycles. The van der Waals surface area contributed by atoms with E-state index in [2.05, 4.69) is 0 Å². The summed E-state index contributed by atoms with van der Waals surface area (Å²) in [4.78, 5) is 24.9. The fourth-order valence-corrected chi connectivity index (χ4v) is 2.72. The highest BCUT2D eigenvalue weighted by Gasteiger charge is 2.34. The molecule has 7 heteroatoms. The summed E-state index contributed by atoms with van der Waals surface area (Å²) in [5.74, 6) is -3.05. The molecule has 1 saturated heterocycles. The molecule has 0 saturated carbocycles. The fraction of sp³-hybridized carbons (Fsp3) is 0.222. The van der Waals surface area contributed by atoms with Crippen molar-refractivity contribution >= 4 is 11.9 Å². The average molecular weight is 347 g/mol. The number of morpholine rings is 1. The van der Waals surface area contributed by atoms with E-state index in [0.29, 0.717) is 11.1 Å². The first-order valence-corrected chi connectivity index (χ1v) is 7.64. The molecule has 1 heterocycles. The molecule has 0 radical (unpaired) electrons. The summed E-state index contributed by atoms with van der Waals surface area (Å²) in [5, 5.41) is 9.19. The Bertz CT molecular complexity index is 807. The highest BCUT2D eigenvalue weighted by Crippen LogP contribution is 2.24. The van der Waals surface area contributed by atoms with Crippen LogP contribution in [0.5, 0.6) is 0 Å². The molecule has 2 aromatic rings. The van der Waals surface area contributed by atoms with Gasteiger partial charge in [-0.15, -0.1) is 0 Å². The molecule has 0 spiro atoms. The standard InChI is InChI=1S/C18H15F2NO4/c19-13-4-1-11(2-5-13)12-3-6-14(15(20)9-12)17(22)21-7-8-25-10-16(21)18(23)24/h1-6,9,16H,7-8,10H2,(H,23,24)/t16-/m0/s1. The van der Waals surface area contributed by atoms with Gasteiger partial charge in [-0.3, -0.25) is 4.79 Å². The van der Waals surface area contributed by atoms with Gasteiger partial charge in [-0.05, 0) is 35.4 Å². The molecule has 3 rings (SSSR count). The van der Waals surface area contributed by atoms with E-state index in [1.54, 1.807) is 6.07 Å². The van der Waals surface area contributed by atoms with E-state index in [1.165, 1.54) is 36.4 Å². The third-order valence-corrected chi connectivity index (χ3v) is 4.05. The zero-order chi connectivity index (χ0) is 18.0. The molecule has 1 amide bonds. The minimum Gasteiger partial charge on any atom is -0.480 e. The van der Waals surface area contributed by atoms with Crippen LogP contribution in [-0.2, 0) is 9.53 Å². The second-order valence-corrected chi connectivity index (χ2v) is 5.63. The number of benzene rings is 2. The molecule has 1 fully saturated rings. The van der Waals surface area contributed by atoms with Crippen molar-refractivity contribution in [3.63, 3.8) is 0 Å². The maximum Gasteiger partial charge on any atom is 0.328 e. The van der Waals surface area contributed by atoms with Gasteiger partial charge in [0.1, 0.15) is 11.6 Å². The largest absolute Gasteiger partial charge is 0.480 e. The average Bonchev–Trinajstić information content (AvgIpc) is 2.61. The van der Waals surface area contributed by atoms with Crippen LogP contribution in [0.15, 0.2) is 42.5 Å². The van der Waals surface area contributed by atoms with E-state index in [0.717, 1.165) is 4.90 Å². The first kappa shape index (κ1) is 17.0. The van der Waals surface area contributed by atoms with E-state index in [9.17, 15) is 23.5 Å². The predicted molar refractivity (Wildman–Crippen MR) is 85.1 cm³/mol. The van der Waals surface area contributed by atoms with Crippen LogP contribution in [0.3, 0.4) is 0 Å². The van der Waals surface area contributed by atoms with Crippen molar-refractivity contribution in [2.45, 2.75) is 6.04 Å². The van der Waals surface area contributed by atoms with Gasteiger partial charge in [0.15, 0.2) is 6.04 Å².